The third-order valence-electron chi connectivity index (χ3n) is 5.60. The molecule has 172 valence electrons. The van der Waals surface area contributed by atoms with E-state index in [0.29, 0.717) is 26.4 Å². The molecule has 0 atom stereocenters. The van der Waals surface area contributed by atoms with E-state index in [0.717, 1.165) is 36.8 Å². The molecule has 30 heavy (non-hydrogen) atoms. The number of hydrogen-bond donors (Lipinski definition) is 2. The van der Waals surface area contributed by atoms with Gasteiger partial charge in [0.25, 0.3) is 0 Å². The monoisotopic (exact) mass is 535 g/mol. The number of aliphatic imine (C=N–C) groups is 1. The summed E-state index contributed by atoms with van der Waals surface area (Å²) in [4.78, 5) is 4.36. The van der Waals surface area contributed by atoms with Gasteiger partial charge in [0.2, 0.25) is 0 Å². The van der Waals surface area contributed by atoms with Crippen molar-refractivity contribution >= 4 is 29.9 Å². The van der Waals surface area contributed by atoms with Crippen molar-refractivity contribution in [3.63, 3.8) is 0 Å². The minimum absolute atomic E-state index is 0. The quantitative estimate of drug-likeness (QED) is 0.196. The van der Waals surface area contributed by atoms with Gasteiger partial charge in [-0.2, -0.15) is 0 Å². The number of ether oxygens (including phenoxy) is 4. The number of nitrogens with one attached hydrogen (secondary N) is 2. The fourth-order valence-corrected chi connectivity index (χ4v) is 3.92. The molecule has 0 aromatic heterocycles. The molecule has 8 heteroatoms. The molecule has 7 nitrogen and oxygen atoms in total. The molecule has 1 fully saturated rings. The van der Waals surface area contributed by atoms with E-state index in [1.54, 1.807) is 28.4 Å². The van der Waals surface area contributed by atoms with Crippen LogP contribution in [0.2, 0.25) is 0 Å². The number of hydrogen-bond acceptors (Lipinski definition) is 5. The van der Waals surface area contributed by atoms with Crippen LogP contribution in [-0.4, -0.2) is 67.2 Å². The highest BCUT2D eigenvalue weighted by atomic mass is 127. The van der Waals surface area contributed by atoms with Crippen LogP contribution in [0.5, 0.6) is 11.5 Å². The summed E-state index contributed by atoms with van der Waals surface area (Å²) in [7, 11) is 6.83. The molecular formula is C22H38IN3O4. The zero-order chi connectivity index (χ0) is 21.0. The first-order valence-corrected chi connectivity index (χ1v) is 10.4. The lowest BCUT2D eigenvalue weighted by atomic mass is 9.69. The molecule has 0 spiro atoms. The largest absolute Gasteiger partial charge is 0.493 e. The van der Waals surface area contributed by atoms with Gasteiger partial charge in [-0.3, -0.25) is 4.99 Å². The third-order valence-corrected chi connectivity index (χ3v) is 5.60. The van der Waals surface area contributed by atoms with Gasteiger partial charge >= 0.3 is 0 Å². The Kier molecular flexibility index (Phi) is 13.1. The van der Waals surface area contributed by atoms with Crippen molar-refractivity contribution < 1.29 is 18.9 Å². The third kappa shape index (κ3) is 7.77. The summed E-state index contributed by atoms with van der Waals surface area (Å²) in [6, 6.07) is 6.31. The number of halogens is 1. The number of benzene rings is 1. The maximum atomic E-state index is 5.55. The van der Waals surface area contributed by atoms with Gasteiger partial charge in [0.1, 0.15) is 0 Å². The summed E-state index contributed by atoms with van der Waals surface area (Å²) in [5.74, 6) is 2.34. The van der Waals surface area contributed by atoms with E-state index in [1.165, 1.54) is 24.8 Å². The molecule has 0 radical (unpaired) electrons. The molecule has 0 saturated heterocycles. The van der Waals surface area contributed by atoms with Crippen LogP contribution < -0.4 is 20.1 Å². The maximum absolute atomic E-state index is 5.55. The minimum Gasteiger partial charge on any atom is -0.493 e. The number of methoxy groups -OCH3 is 3. The molecule has 0 unspecified atom stereocenters. The molecule has 2 N–H and O–H groups in total. The fraction of sp³-hybridized carbons (Fsp3) is 0.682. The topological polar surface area (TPSA) is 73.3 Å². The lowest BCUT2D eigenvalue weighted by Crippen LogP contribution is -2.47. The van der Waals surface area contributed by atoms with E-state index >= 15 is 0 Å². The van der Waals surface area contributed by atoms with Gasteiger partial charge in [-0.05, 0) is 30.5 Å². The normalized spacial score (nSPS) is 15.8. The Morgan fingerprint density at radius 2 is 1.70 bits per heavy atom. The molecule has 0 amide bonds. The minimum atomic E-state index is 0. The maximum Gasteiger partial charge on any atom is 0.191 e. The molecule has 1 aliphatic rings. The van der Waals surface area contributed by atoms with Gasteiger partial charge in [0, 0.05) is 32.7 Å². The van der Waals surface area contributed by atoms with Gasteiger partial charge in [-0.1, -0.05) is 25.3 Å². The molecule has 1 aromatic carbocycles. The summed E-state index contributed by atoms with van der Waals surface area (Å²) in [5.41, 5.74) is 1.35. The Balaban J connectivity index is 0.00000450. The molecule has 2 rings (SSSR count). The summed E-state index contributed by atoms with van der Waals surface area (Å²) < 4.78 is 21.5. The van der Waals surface area contributed by atoms with Gasteiger partial charge in [-0.25, -0.2) is 0 Å². The van der Waals surface area contributed by atoms with Crippen molar-refractivity contribution in [3.05, 3.63) is 23.8 Å². The van der Waals surface area contributed by atoms with Crippen LogP contribution in [0.1, 0.15) is 37.7 Å². The Hall–Kier alpha value is -1.26. The van der Waals surface area contributed by atoms with Crippen LogP contribution in [0.25, 0.3) is 0 Å². The molecule has 0 aliphatic heterocycles. The van der Waals surface area contributed by atoms with Crippen LogP contribution in [-0.2, 0) is 14.9 Å². The second kappa shape index (κ2) is 14.7. The average molecular weight is 535 g/mol. The standard InChI is InChI=1S/C22H37N3O4.HI/c1-23-21(24-12-13-29-15-14-26-2)25-17-22(10-6-5-7-11-22)18-8-9-19(27-3)20(16-18)28-4;/h8-9,16H,5-7,10-15,17H2,1-4H3,(H2,23,24,25);1H. The van der Waals surface area contributed by atoms with E-state index in [-0.39, 0.29) is 29.4 Å². The van der Waals surface area contributed by atoms with Gasteiger partial charge in [0.05, 0.1) is 34.0 Å². The zero-order valence-corrected chi connectivity index (χ0v) is 21.1. The lowest BCUT2D eigenvalue weighted by molar-refractivity contribution is 0.0733. The van der Waals surface area contributed by atoms with Gasteiger partial charge < -0.3 is 29.6 Å². The smallest absolute Gasteiger partial charge is 0.191 e. The van der Waals surface area contributed by atoms with Gasteiger partial charge in [-0.15, -0.1) is 24.0 Å². The Morgan fingerprint density at radius 1 is 0.967 bits per heavy atom. The van der Waals surface area contributed by atoms with E-state index in [4.69, 9.17) is 18.9 Å². The van der Waals surface area contributed by atoms with Crippen molar-refractivity contribution in [3.8, 4) is 11.5 Å². The van der Waals surface area contributed by atoms with Crippen molar-refractivity contribution in [2.75, 3.05) is 61.3 Å². The average Bonchev–Trinajstić information content (AvgIpc) is 2.78. The van der Waals surface area contributed by atoms with Crippen molar-refractivity contribution in [2.45, 2.75) is 37.5 Å². The predicted octanol–water partition coefficient (Wildman–Crippen LogP) is 3.35. The number of rotatable bonds is 11. The summed E-state index contributed by atoms with van der Waals surface area (Å²) in [6.45, 7) is 3.36. The molecule has 0 bridgehead atoms. The fourth-order valence-electron chi connectivity index (χ4n) is 3.92. The van der Waals surface area contributed by atoms with Crippen molar-refractivity contribution in [2.24, 2.45) is 4.99 Å². The Bertz CT molecular complexity index is 637. The van der Waals surface area contributed by atoms with Crippen LogP contribution in [0.4, 0.5) is 0 Å². The summed E-state index contributed by atoms with van der Waals surface area (Å²) in [6.07, 6.45) is 6.05. The molecule has 0 heterocycles. The highest BCUT2D eigenvalue weighted by Gasteiger charge is 2.34. The predicted molar refractivity (Wildman–Crippen MR) is 132 cm³/mol. The first kappa shape index (κ1) is 26.8. The first-order chi connectivity index (χ1) is 14.2. The van der Waals surface area contributed by atoms with Crippen LogP contribution in [0, 0.1) is 0 Å². The van der Waals surface area contributed by atoms with Crippen molar-refractivity contribution in [1.82, 2.24) is 10.6 Å². The van der Waals surface area contributed by atoms with Gasteiger partial charge in [0.15, 0.2) is 17.5 Å². The van der Waals surface area contributed by atoms with E-state index in [9.17, 15) is 0 Å². The Labute approximate surface area is 198 Å². The van der Waals surface area contributed by atoms with Crippen molar-refractivity contribution in [1.29, 1.82) is 0 Å². The van der Waals surface area contributed by atoms with Crippen LogP contribution in [0.15, 0.2) is 23.2 Å². The molecular weight excluding hydrogens is 497 g/mol. The van der Waals surface area contributed by atoms with E-state index < -0.39 is 0 Å². The Morgan fingerprint density at radius 3 is 2.33 bits per heavy atom. The van der Waals surface area contributed by atoms with Crippen LogP contribution in [0.3, 0.4) is 0 Å². The molecule has 1 aliphatic carbocycles. The SMILES string of the molecule is CN=C(NCCOCCOC)NCC1(c2ccc(OC)c(OC)c2)CCCCC1.I. The first-order valence-electron chi connectivity index (χ1n) is 10.4. The van der Waals surface area contributed by atoms with E-state index in [2.05, 4.69) is 27.8 Å². The summed E-state index contributed by atoms with van der Waals surface area (Å²) >= 11 is 0. The molecule has 1 saturated carbocycles. The number of nitrogens with zero attached hydrogens (tertiary/aromatic N) is 1. The highest BCUT2D eigenvalue weighted by molar-refractivity contribution is 14.0. The second-order valence-electron chi connectivity index (χ2n) is 7.37. The van der Waals surface area contributed by atoms with E-state index in [1.807, 2.05) is 6.07 Å². The highest BCUT2D eigenvalue weighted by Crippen LogP contribution is 2.42. The summed E-state index contributed by atoms with van der Waals surface area (Å²) in [5, 5.41) is 6.86. The lowest BCUT2D eigenvalue weighted by Gasteiger charge is -2.38. The number of guanidine groups is 1. The van der Waals surface area contributed by atoms with Crippen LogP contribution >= 0.6 is 24.0 Å². The molecule has 1 aromatic rings. The zero-order valence-electron chi connectivity index (χ0n) is 18.8. The second-order valence-corrected chi connectivity index (χ2v) is 7.37.